The molecule has 0 spiro atoms. The van der Waals surface area contributed by atoms with E-state index in [1.54, 1.807) is 16.4 Å². The third-order valence-electron chi connectivity index (χ3n) is 6.67. The van der Waals surface area contributed by atoms with Crippen molar-refractivity contribution in [3.63, 3.8) is 0 Å². The summed E-state index contributed by atoms with van der Waals surface area (Å²) in [6.07, 6.45) is 6.45. The van der Waals surface area contributed by atoms with Gasteiger partial charge in [-0.05, 0) is 49.3 Å². The van der Waals surface area contributed by atoms with Crippen LogP contribution in [-0.2, 0) is 26.0 Å². The average molecular weight is 478 g/mol. The van der Waals surface area contributed by atoms with Crippen molar-refractivity contribution in [3.05, 3.63) is 29.8 Å². The number of carbonyl (C=O) groups is 2. The zero-order valence-electron chi connectivity index (χ0n) is 20.2. The van der Waals surface area contributed by atoms with Gasteiger partial charge in [0.25, 0.3) is 0 Å². The van der Waals surface area contributed by atoms with Crippen molar-refractivity contribution in [2.75, 3.05) is 39.3 Å². The Labute approximate surface area is 199 Å². The number of carbonyl (C=O) groups excluding carboxylic acids is 2. The predicted molar refractivity (Wildman–Crippen MR) is 129 cm³/mol. The summed E-state index contributed by atoms with van der Waals surface area (Å²) in [5, 5.41) is 0. The van der Waals surface area contributed by atoms with Gasteiger partial charge in [0.2, 0.25) is 21.8 Å². The number of rotatable bonds is 8. The molecule has 2 amide bonds. The fourth-order valence-corrected chi connectivity index (χ4v) is 5.96. The Hall–Kier alpha value is -1.93. The lowest BCUT2D eigenvalue weighted by atomic mass is 10.1. The Kier molecular flexibility index (Phi) is 9.32. The molecule has 8 heteroatoms. The quantitative estimate of drug-likeness (QED) is 0.576. The van der Waals surface area contributed by atoms with Gasteiger partial charge < -0.3 is 9.80 Å². The van der Waals surface area contributed by atoms with Crippen LogP contribution in [0.15, 0.2) is 29.2 Å². The molecule has 7 nitrogen and oxygen atoms in total. The van der Waals surface area contributed by atoms with Crippen molar-refractivity contribution in [1.29, 1.82) is 0 Å². The molecular formula is C25H39N3O4S. The molecule has 0 atom stereocenters. The van der Waals surface area contributed by atoms with Crippen LogP contribution in [0.1, 0.15) is 64.4 Å². The molecule has 184 valence electrons. The molecule has 0 saturated carbocycles. The third kappa shape index (κ3) is 7.27. The Morgan fingerprint density at radius 1 is 0.788 bits per heavy atom. The lowest BCUT2D eigenvalue weighted by molar-refractivity contribution is -0.139. The number of hydrogen-bond donors (Lipinski definition) is 0. The highest BCUT2D eigenvalue weighted by atomic mass is 32.2. The largest absolute Gasteiger partial charge is 0.339 e. The average Bonchev–Trinajstić information content (AvgIpc) is 3.11. The van der Waals surface area contributed by atoms with Crippen LogP contribution in [0.5, 0.6) is 0 Å². The van der Waals surface area contributed by atoms with Gasteiger partial charge in [0.1, 0.15) is 0 Å². The highest BCUT2D eigenvalue weighted by Gasteiger charge is 2.26. The minimum absolute atomic E-state index is 0.0885. The molecule has 0 unspecified atom stereocenters. The van der Waals surface area contributed by atoms with E-state index >= 15 is 0 Å². The van der Waals surface area contributed by atoms with Gasteiger partial charge in [-0.2, -0.15) is 4.31 Å². The van der Waals surface area contributed by atoms with Crippen molar-refractivity contribution in [2.24, 2.45) is 5.92 Å². The normalized spacial score (nSPS) is 18.4. The van der Waals surface area contributed by atoms with Gasteiger partial charge in [-0.3, -0.25) is 9.59 Å². The third-order valence-corrected chi connectivity index (χ3v) is 8.59. The van der Waals surface area contributed by atoms with Crippen LogP contribution in [0.2, 0.25) is 0 Å². The zero-order valence-corrected chi connectivity index (χ0v) is 21.0. The molecule has 2 aliphatic heterocycles. The number of amides is 2. The highest BCUT2D eigenvalue weighted by Crippen LogP contribution is 2.21. The summed E-state index contributed by atoms with van der Waals surface area (Å²) >= 11 is 0. The second-order valence-corrected chi connectivity index (χ2v) is 11.6. The Bertz CT molecular complexity index is 883. The summed E-state index contributed by atoms with van der Waals surface area (Å²) in [4.78, 5) is 29.0. The lowest BCUT2D eigenvalue weighted by Gasteiger charge is -2.35. The minimum Gasteiger partial charge on any atom is -0.339 e. The van der Waals surface area contributed by atoms with Crippen LogP contribution in [-0.4, -0.2) is 73.6 Å². The molecule has 2 fully saturated rings. The first-order valence-electron chi connectivity index (χ1n) is 12.4. The maximum atomic E-state index is 12.9. The molecule has 2 saturated heterocycles. The molecule has 0 radical (unpaired) electrons. The molecule has 0 N–H and O–H groups in total. The highest BCUT2D eigenvalue weighted by molar-refractivity contribution is 7.89. The second-order valence-electron chi connectivity index (χ2n) is 9.66. The van der Waals surface area contributed by atoms with Gasteiger partial charge in [-0.1, -0.05) is 38.8 Å². The monoisotopic (exact) mass is 477 g/mol. The summed E-state index contributed by atoms with van der Waals surface area (Å²) in [6.45, 7) is 7.79. The Morgan fingerprint density at radius 3 is 1.82 bits per heavy atom. The van der Waals surface area contributed by atoms with Crippen LogP contribution < -0.4 is 0 Å². The van der Waals surface area contributed by atoms with Crippen molar-refractivity contribution >= 4 is 21.8 Å². The first-order valence-corrected chi connectivity index (χ1v) is 13.9. The molecular weight excluding hydrogens is 438 g/mol. The van der Waals surface area contributed by atoms with Crippen molar-refractivity contribution in [1.82, 2.24) is 14.1 Å². The topological polar surface area (TPSA) is 78.0 Å². The SMILES string of the molecule is CC(C)CCC(=O)N1CCN(C(=O)CCc2ccc(S(=O)(=O)N3CCCCCC3)cc2)CC1. The van der Waals surface area contributed by atoms with Gasteiger partial charge in [0.15, 0.2) is 0 Å². The Morgan fingerprint density at radius 2 is 1.30 bits per heavy atom. The van der Waals surface area contributed by atoms with E-state index in [4.69, 9.17) is 0 Å². The molecule has 1 aromatic carbocycles. The molecule has 0 aliphatic carbocycles. The molecule has 1 aromatic rings. The van der Waals surface area contributed by atoms with Gasteiger partial charge >= 0.3 is 0 Å². The van der Waals surface area contributed by atoms with E-state index in [1.807, 2.05) is 21.9 Å². The maximum Gasteiger partial charge on any atom is 0.243 e. The molecule has 2 heterocycles. The number of sulfonamides is 1. The number of benzene rings is 1. The van der Waals surface area contributed by atoms with E-state index in [1.165, 1.54) is 0 Å². The standard InChI is InChI=1S/C25H39N3O4S/c1-21(2)7-13-24(29)26-17-19-27(20-18-26)25(30)14-10-22-8-11-23(12-9-22)33(31,32)28-15-5-3-4-6-16-28/h8-9,11-12,21H,3-7,10,13-20H2,1-2H3. The smallest absolute Gasteiger partial charge is 0.243 e. The van der Waals surface area contributed by atoms with Crippen molar-refractivity contribution in [2.45, 2.75) is 70.1 Å². The summed E-state index contributed by atoms with van der Waals surface area (Å²) in [5.74, 6) is 0.789. The second kappa shape index (κ2) is 12.0. The van der Waals surface area contributed by atoms with Crippen LogP contribution in [0.3, 0.4) is 0 Å². The number of piperazine rings is 1. The van der Waals surface area contributed by atoms with Crippen LogP contribution in [0.4, 0.5) is 0 Å². The predicted octanol–water partition coefficient (Wildman–Crippen LogP) is 3.29. The van der Waals surface area contributed by atoms with E-state index in [2.05, 4.69) is 13.8 Å². The minimum atomic E-state index is -3.45. The Balaban J connectivity index is 1.46. The number of aryl methyl sites for hydroxylation is 1. The zero-order chi connectivity index (χ0) is 23.8. The fraction of sp³-hybridized carbons (Fsp3) is 0.680. The molecule has 0 aromatic heterocycles. The molecule has 2 aliphatic rings. The first-order chi connectivity index (χ1) is 15.8. The summed E-state index contributed by atoms with van der Waals surface area (Å²) in [5.41, 5.74) is 0.959. The van der Waals surface area contributed by atoms with Gasteiger partial charge in [0, 0.05) is 52.1 Å². The lowest BCUT2D eigenvalue weighted by Crippen LogP contribution is -2.50. The van der Waals surface area contributed by atoms with Crippen LogP contribution in [0.25, 0.3) is 0 Å². The van der Waals surface area contributed by atoms with Crippen LogP contribution >= 0.6 is 0 Å². The van der Waals surface area contributed by atoms with Gasteiger partial charge in [-0.15, -0.1) is 0 Å². The van der Waals surface area contributed by atoms with E-state index in [0.29, 0.717) is 69.3 Å². The van der Waals surface area contributed by atoms with Crippen molar-refractivity contribution in [3.8, 4) is 0 Å². The summed E-state index contributed by atoms with van der Waals surface area (Å²) < 4.78 is 27.4. The molecule has 0 bridgehead atoms. The molecule has 33 heavy (non-hydrogen) atoms. The summed E-state index contributed by atoms with van der Waals surface area (Å²) in [6, 6.07) is 6.98. The fourth-order valence-electron chi connectivity index (χ4n) is 4.44. The number of nitrogens with zero attached hydrogens (tertiary/aromatic N) is 3. The first kappa shape index (κ1) is 25.7. The van der Waals surface area contributed by atoms with Crippen molar-refractivity contribution < 1.29 is 18.0 Å². The van der Waals surface area contributed by atoms with E-state index in [9.17, 15) is 18.0 Å². The van der Waals surface area contributed by atoms with E-state index in [-0.39, 0.29) is 11.8 Å². The summed E-state index contributed by atoms with van der Waals surface area (Å²) in [7, 11) is -3.45. The van der Waals surface area contributed by atoms with Crippen LogP contribution in [0, 0.1) is 5.92 Å². The number of hydrogen-bond acceptors (Lipinski definition) is 4. The molecule has 3 rings (SSSR count). The van der Waals surface area contributed by atoms with E-state index < -0.39 is 10.0 Å². The van der Waals surface area contributed by atoms with Gasteiger partial charge in [0.05, 0.1) is 4.90 Å². The van der Waals surface area contributed by atoms with E-state index in [0.717, 1.165) is 37.7 Å². The maximum absolute atomic E-state index is 12.9. The van der Waals surface area contributed by atoms with Gasteiger partial charge in [-0.25, -0.2) is 8.42 Å².